The van der Waals surface area contributed by atoms with Crippen LogP contribution in [0.2, 0.25) is 0 Å². The molecule has 64 valence electrons. The maximum Gasteiger partial charge on any atom is 0.307 e. The van der Waals surface area contributed by atoms with Crippen LogP contribution in [0.5, 0.6) is 0 Å². The first-order chi connectivity index (χ1) is 5.02. The van der Waals surface area contributed by atoms with Crippen LogP contribution in [0.3, 0.4) is 0 Å². The first kappa shape index (κ1) is 9.90. The average molecular weight is 161 g/mol. The molecule has 0 saturated carbocycles. The number of carbonyl (C=O) groups excluding carboxylic acids is 1. The Hall–Kier alpha value is -1.10. The molecule has 0 spiro atoms. The number of carbonyl (C=O) groups is 2. The third-order valence-electron chi connectivity index (χ3n) is 0.860. The minimum atomic E-state index is -1.02. The van der Waals surface area contributed by atoms with Crippen molar-refractivity contribution >= 4 is 11.9 Å². The van der Waals surface area contributed by atoms with E-state index in [2.05, 4.69) is 4.74 Å². The quantitative estimate of drug-likeness (QED) is 0.436. The summed E-state index contributed by atoms with van der Waals surface area (Å²) in [7, 11) is 0. The zero-order valence-corrected chi connectivity index (χ0v) is 6.24. The molecule has 0 aliphatic rings. The second kappa shape index (κ2) is 4.68. The van der Waals surface area contributed by atoms with E-state index in [1.54, 1.807) is 0 Å². The molecule has 0 radical (unpaired) electrons. The van der Waals surface area contributed by atoms with Gasteiger partial charge in [0, 0.05) is 0 Å². The van der Waals surface area contributed by atoms with Crippen molar-refractivity contribution in [3.8, 4) is 0 Å². The lowest BCUT2D eigenvalue weighted by Gasteiger charge is -2.05. The van der Waals surface area contributed by atoms with E-state index < -0.39 is 18.2 Å². The molecule has 0 heterocycles. The van der Waals surface area contributed by atoms with E-state index in [0.717, 1.165) is 0 Å². The first-order valence-electron chi connectivity index (χ1n) is 3.19. The van der Waals surface area contributed by atoms with Gasteiger partial charge in [0.05, 0.1) is 12.8 Å². The number of ether oxygens (including phenoxy) is 1. The molecule has 0 aliphatic carbocycles. The Bertz CT molecular complexity index is 155. The van der Waals surface area contributed by atoms with E-state index in [-0.39, 0.29) is 12.8 Å². The summed E-state index contributed by atoms with van der Waals surface area (Å²) in [5, 5.41) is 8.16. The Morgan fingerprint density at radius 1 is 1.55 bits per heavy atom. The number of rotatable bonds is 4. The van der Waals surface area contributed by atoms with Crippen molar-refractivity contribution in [3.05, 3.63) is 0 Å². The van der Waals surface area contributed by atoms with Crippen LogP contribution in [-0.2, 0) is 14.3 Å². The topological polar surface area (TPSA) is 89.6 Å². The second-order valence-corrected chi connectivity index (χ2v) is 2.09. The number of aliphatic carboxylic acids is 1. The zero-order chi connectivity index (χ0) is 8.85. The zero-order valence-electron chi connectivity index (χ0n) is 6.24. The minimum Gasteiger partial charge on any atom is -0.481 e. The van der Waals surface area contributed by atoms with Crippen LogP contribution in [0.4, 0.5) is 0 Å². The van der Waals surface area contributed by atoms with Gasteiger partial charge in [-0.1, -0.05) is 0 Å². The van der Waals surface area contributed by atoms with Crippen molar-refractivity contribution in [2.45, 2.75) is 26.0 Å². The van der Waals surface area contributed by atoms with Crippen LogP contribution < -0.4 is 5.73 Å². The van der Waals surface area contributed by atoms with Gasteiger partial charge >= 0.3 is 11.9 Å². The molecule has 5 nitrogen and oxygen atoms in total. The average Bonchev–Trinajstić information content (AvgIpc) is 1.82. The normalized spacial score (nSPS) is 12.2. The van der Waals surface area contributed by atoms with Gasteiger partial charge < -0.3 is 9.84 Å². The molecule has 0 aromatic rings. The predicted octanol–water partition coefficient (Wildman–Crippen LogP) is -0.301. The Kier molecular flexibility index (Phi) is 4.21. The van der Waals surface area contributed by atoms with E-state index in [9.17, 15) is 9.59 Å². The summed E-state index contributed by atoms with van der Waals surface area (Å²) in [6, 6.07) is 0. The van der Waals surface area contributed by atoms with Crippen LogP contribution in [0.15, 0.2) is 0 Å². The lowest BCUT2D eigenvalue weighted by atomic mass is 10.3. The fourth-order valence-corrected chi connectivity index (χ4v) is 0.475. The van der Waals surface area contributed by atoms with Gasteiger partial charge in [-0.3, -0.25) is 15.3 Å². The standard InChI is InChI=1S/C6H11NO4/c1-4(7)11-6(10)3-2-5(8)9/h4H,2-3,7H2,1H3,(H,8,9). The highest BCUT2D eigenvalue weighted by Crippen LogP contribution is 1.93. The molecule has 0 bridgehead atoms. The van der Waals surface area contributed by atoms with Gasteiger partial charge in [-0.15, -0.1) is 0 Å². The van der Waals surface area contributed by atoms with E-state index in [1.165, 1.54) is 6.92 Å². The molecule has 0 aliphatic heterocycles. The van der Waals surface area contributed by atoms with Crippen molar-refractivity contribution in [2.24, 2.45) is 5.73 Å². The lowest BCUT2D eigenvalue weighted by molar-refractivity contribution is -0.151. The summed E-state index contributed by atoms with van der Waals surface area (Å²) in [6.45, 7) is 1.50. The van der Waals surface area contributed by atoms with E-state index in [0.29, 0.717) is 0 Å². The summed E-state index contributed by atoms with van der Waals surface area (Å²) in [5.41, 5.74) is 5.11. The van der Waals surface area contributed by atoms with Crippen molar-refractivity contribution in [3.63, 3.8) is 0 Å². The van der Waals surface area contributed by atoms with Crippen LogP contribution in [0, 0.1) is 0 Å². The summed E-state index contributed by atoms with van der Waals surface area (Å²) in [4.78, 5) is 20.5. The van der Waals surface area contributed by atoms with Crippen LogP contribution in [0.25, 0.3) is 0 Å². The van der Waals surface area contributed by atoms with Crippen LogP contribution >= 0.6 is 0 Å². The first-order valence-corrected chi connectivity index (χ1v) is 3.19. The monoisotopic (exact) mass is 161 g/mol. The van der Waals surface area contributed by atoms with Gasteiger partial charge in [0.1, 0.15) is 6.23 Å². The Morgan fingerprint density at radius 2 is 2.09 bits per heavy atom. The van der Waals surface area contributed by atoms with Gasteiger partial charge in [-0.2, -0.15) is 0 Å². The highest BCUT2D eigenvalue weighted by molar-refractivity contribution is 5.76. The SMILES string of the molecule is CC(N)OC(=O)CCC(=O)O. The highest BCUT2D eigenvalue weighted by atomic mass is 16.6. The van der Waals surface area contributed by atoms with E-state index >= 15 is 0 Å². The third kappa shape index (κ3) is 6.79. The number of hydrogen-bond donors (Lipinski definition) is 2. The number of esters is 1. The smallest absolute Gasteiger partial charge is 0.307 e. The molecule has 0 fully saturated rings. The second-order valence-electron chi connectivity index (χ2n) is 2.09. The Balaban J connectivity index is 3.45. The third-order valence-corrected chi connectivity index (χ3v) is 0.860. The summed E-state index contributed by atoms with van der Waals surface area (Å²) in [5.74, 6) is -1.60. The molecular formula is C6H11NO4. The maximum atomic E-state index is 10.6. The Morgan fingerprint density at radius 3 is 2.45 bits per heavy atom. The van der Waals surface area contributed by atoms with Crippen LogP contribution in [0.1, 0.15) is 19.8 Å². The van der Waals surface area contributed by atoms with E-state index in [4.69, 9.17) is 10.8 Å². The van der Waals surface area contributed by atoms with Crippen molar-refractivity contribution in [2.75, 3.05) is 0 Å². The largest absolute Gasteiger partial charge is 0.481 e. The fraction of sp³-hybridized carbons (Fsp3) is 0.667. The molecular weight excluding hydrogens is 150 g/mol. The molecule has 0 rings (SSSR count). The molecule has 0 amide bonds. The number of hydrogen-bond acceptors (Lipinski definition) is 4. The molecule has 1 atom stereocenters. The van der Waals surface area contributed by atoms with Gasteiger partial charge in [-0.05, 0) is 6.92 Å². The van der Waals surface area contributed by atoms with Crippen molar-refractivity contribution in [1.29, 1.82) is 0 Å². The molecule has 11 heavy (non-hydrogen) atoms. The molecule has 5 heteroatoms. The number of carboxylic acids is 1. The van der Waals surface area contributed by atoms with E-state index in [1.807, 2.05) is 0 Å². The van der Waals surface area contributed by atoms with Gasteiger partial charge in [-0.25, -0.2) is 0 Å². The highest BCUT2D eigenvalue weighted by Gasteiger charge is 2.07. The number of carboxylic acid groups (broad SMARTS) is 1. The molecule has 0 saturated heterocycles. The maximum absolute atomic E-state index is 10.6. The summed E-state index contributed by atoms with van der Waals surface area (Å²) >= 11 is 0. The molecule has 1 unspecified atom stereocenters. The molecule has 0 aromatic heterocycles. The van der Waals surface area contributed by atoms with Crippen molar-refractivity contribution < 1.29 is 19.4 Å². The molecule has 3 N–H and O–H groups in total. The van der Waals surface area contributed by atoms with Crippen LogP contribution in [-0.4, -0.2) is 23.3 Å². The predicted molar refractivity (Wildman–Crippen MR) is 36.6 cm³/mol. The number of nitrogens with two attached hydrogens (primary N) is 1. The Labute approximate surface area is 64.1 Å². The summed E-state index contributed by atoms with van der Waals surface area (Å²) in [6.07, 6.45) is -1.01. The lowest BCUT2D eigenvalue weighted by Crippen LogP contribution is -2.23. The minimum absolute atomic E-state index is 0.128. The fourth-order valence-electron chi connectivity index (χ4n) is 0.475. The molecule has 0 aromatic carbocycles. The van der Waals surface area contributed by atoms with Crippen molar-refractivity contribution in [1.82, 2.24) is 0 Å². The van der Waals surface area contributed by atoms with Gasteiger partial charge in [0.25, 0.3) is 0 Å². The van der Waals surface area contributed by atoms with Gasteiger partial charge in [0.15, 0.2) is 0 Å². The summed E-state index contributed by atoms with van der Waals surface area (Å²) < 4.78 is 4.48. The van der Waals surface area contributed by atoms with Gasteiger partial charge in [0.2, 0.25) is 0 Å².